The largest absolute Gasteiger partial charge is 0.479 e. The summed E-state index contributed by atoms with van der Waals surface area (Å²) in [5, 5.41) is 1.96. The lowest BCUT2D eigenvalue weighted by atomic mass is 10.3. The van der Waals surface area contributed by atoms with Crippen molar-refractivity contribution in [1.82, 2.24) is 5.06 Å². The van der Waals surface area contributed by atoms with Crippen LogP contribution in [0.15, 0.2) is 18.2 Å². The standard InChI is InChI=1S/C11H13Cl2NO3/c1-7(11(15)14(2)16-3)17-10-5-4-8(12)6-9(10)13/h4-7H,1-3H3. The SMILES string of the molecule is CON(C)C(=O)C(C)Oc1ccc(Cl)cc1Cl. The van der Waals surface area contributed by atoms with Gasteiger partial charge in [0.15, 0.2) is 6.10 Å². The van der Waals surface area contributed by atoms with Crippen molar-refractivity contribution in [1.29, 1.82) is 0 Å². The van der Waals surface area contributed by atoms with Gasteiger partial charge in [0.25, 0.3) is 5.91 Å². The van der Waals surface area contributed by atoms with Crippen LogP contribution in [0.5, 0.6) is 5.75 Å². The lowest BCUT2D eigenvalue weighted by Crippen LogP contribution is -2.37. The minimum absolute atomic E-state index is 0.307. The number of amides is 1. The van der Waals surface area contributed by atoms with E-state index >= 15 is 0 Å². The monoisotopic (exact) mass is 277 g/mol. The van der Waals surface area contributed by atoms with E-state index in [1.807, 2.05) is 0 Å². The van der Waals surface area contributed by atoms with E-state index in [0.717, 1.165) is 5.06 Å². The van der Waals surface area contributed by atoms with Gasteiger partial charge in [0.1, 0.15) is 5.75 Å². The molecule has 0 saturated carbocycles. The van der Waals surface area contributed by atoms with Crippen LogP contribution in [0.2, 0.25) is 10.0 Å². The fourth-order valence-electron chi connectivity index (χ4n) is 1.16. The molecule has 94 valence electrons. The molecule has 0 aliphatic carbocycles. The van der Waals surface area contributed by atoms with Crippen LogP contribution in [0.3, 0.4) is 0 Å². The minimum Gasteiger partial charge on any atom is -0.479 e. The lowest BCUT2D eigenvalue weighted by molar-refractivity contribution is -0.175. The van der Waals surface area contributed by atoms with Crippen LogP contribution in [0.1, 0.15) is 6.92 Å². The lowest BCUT2D eigenvalue weighted by Gasteiger charge is -2.20. The number of hydrogen-bond acceptors (Lipinski definition) is 3. The summed E-state index contributed by atoms with van der Waals surface area (Å²) in [6, 6.07) is 4.80. The molecule has 0 radical (unpaired) electrons. The van der Waals surface area contributed by atoms with Crippen LogP contribution in [0.25, 0.3) is 0 Å². The number of ether oxygens (including phenoxy) is 1. The van der Waals surface area contributed by atoms with Gasteiger partial charge in [-0.25, -0.2) is 5.06 Å². The molecule has 0 aromatic heterocycles. The number of carbonyl (C=O) groups is 1. The summed E-state index contributed by atoms with van der Waals surface area (Å²) in [4.78, 5) is 16.4. The van der Waals surface area contributed by atoms with Crippen molar-refractivity contribution in [2.24, 2.45) is 0 Å². The molecule has 0 spiro atoms. The fourth-order valence-corrected chi connectivity index (χ4v) is 1.61. The average Bonchev–Trinajstić information content (AvgIpc) is 2.30. The Hall–Kier alpha value is -0.970. The van der Waals surface area contributed by atoms with Crippen molar-refractivity contribution in [3.8, 4) is 5.75 Å². The second kappa shape index (κ2) is 6.10. The van der Waals surface area contributed by atoms with E-state index in [-0.39, 0.29) is 5.91 Å². The second-order valence-electron chi connectivity index (χ2n) is 3.35. The number of hydrogen-bond donors (Lipinski definition) is 0. The maximum absolute atomic E-state index is 11.7. The Balaban J connectivity index is 2.74. The van der Waals surface area contributed by atoms with Crippen molar-refractivity contribution in [2.75, 3.05) is 14.2 Å². The van der Waals surface area contributed by atoms with E-state index in [1.54, 1.807) is 25.1 Å². The molecule has 6 heteroatoms. The maximum atomic E-state index is 11.7. The van der Waals surface area contributed by atoms with Gasteiger partial charge in [-0.3, -0.25) is 9.63 Å². The molecule has 1 aromatic rings. The van der Waals surface area contributed by atoms with Crippen LogP contribution in [-0.2, 0) is 9.63 Å². The summed E-state index contributed by atoms with van der Waals surface area (Å²) in [6.45, 7) is 1.61. The Morgan fingerprint density at radius 2 is 2.06 bits per heavy atom. The van der Waals surface area contributed by atoms with Crippen LogP contribution in [0.4, 0.5) is 0 Å². The summed E-state index contributed by atoms with van der Waals surface area (Å²) in [5.41, 5.74) is 0. The third-order valence-electron chi connectivity index (χ3n) is 2.13. The summed E-state index contributed by atoms with van der Waals surface area (Å²) in [7, 11) is 2.91. The highest BCUT2D eigenvalue weighted by Gasteiger charge is 2.20. The zero-order chi connectivity index (χ0) is 13.0. The van der Waals surface area contributed by atoms with E-state index in [4.69, 9.17) is 32.8 Å². The van der Waals surface area contributed by atoms with Crippen molar-refractivity contribution >= 4 is 29.1 Å². The number of benzene rings is 1. The van der Waals surface area contributed by atoms with Gasteiger partial charge in [-0.1, -0.05) is 23.2 Å². The maximum Gasteiger partial charge on any atom is 0.286 e. The molecule has 0 aliphatic heterocycles. The molecule has 1 unspecified atom stereocenters. The van der Waals surface area contributed by atoms with Crippen LogP contribution < -0.4 is 4.74 Å². The van der Waals surface area contributed by atoms with Crippen molar-refractivity contribution in [3.63, 3.8) is 0 Å². The average molecular weight is 278 g/mol. The number of nitrogens with zero attached hydrogens (tertiary/aromatic N) is 1. The quantitative estimate of drug-likeness (QED) is 0.795. The van der Waals surface area contributed by atoms with Crippen LogP contribution in [-0.4, -0.2) is 31.2 Å². The van der Waals surface area contributed by atoms with Gasteiger partial charge < -0.3 is 4.74 Å². The molecule has 0 fully saturated rings. The number of likely N-dealkylation sites (N-methyl/N-ethyl adjacent to an activating group) is 1. The van der Waals surface area contributed by atoms with Crippen molar-refractivity contribution in [2.45, 2.75) is 13.0 Å². The molecule has 0 N–H and O–H groups in total. The summed E-state index contributed by atoms with van der Waals surface area (Å²) < 4.78 is 5.42. The molecule has 0 saturated heterocycles. The zero-order valence-corrected chi connectivity index (χ0v) is 11.2. The molecule has 1 aromatic carbocycles. The first-order valence-corrected chi connectivity index (χ1v) is 5.64. The van der Waals surface area contributed by atoms with Gasteiger partial charge in [-0.2, -0.15) is 0 Å². The number of hydroxylamine groups is 2. The van der Waals surface area contributed by atoms with E-state index in [2.05, 4.69) is 0 Å². The summed E-state index contributed by atoms with van der Waals surface area (Å²) >= 11 is 11.7. The summed E-state index contributed by atoms with van der Waals surface area (Å²) in [5.74, 6) is 0.0972. The minimum atomic E-state index is -0.696. The van der Waals surface area contributed by atoms with Gasteiger partial charge in [-0.05, 0) is 25.1 Å². The first-order valence-electron chi connectivity index (χ1n) is 4.89. The number of rotatable bonds is 4. The highest BCUT2D eigenvalue weighted by molar-refractivity contribution is 6.35. The van der Waals surface area contributed by atoms with Gasteiger partial charge >= 0.3 is 0 Å². The van der Waals surface area contributed by atoms with Crippen LogP contribution >= 0.6 is 23.2 Å². The van der Waals surface area contributed by atoms with Gasteiger partial charge in [0, 0.05) is 12.1 Å². The van der Waals surface area contributed by atoms with E-state index in [1.165, 1.54) is 14.2 Å². The predicted molar refractivity (Wildman–Crippen MR) is 66.3 cm³/mol. The zero-order valence-electron chi connectivity index (χ0n) is 9.74. The Kier molecular flexibility index (Phi) is 5.05. The Morgan fingerprint density at radius 3 is 2.59 bits per heavy atom. The molecular weight excluding hydrogens is 265 g/mol. The summed E-state index contributed by atoms with van der Waals surface area (Å²) in [6.07, 6.45) is -0.696. The highest BCUT2D eigenvalue weighted by Crippen LogP contribution is 2.28. The Morgan fingerprint density at radius 1 is 1.41 bits per heavy atom. The van der Waals surface area contributed by atoms with E-state index in [0.29, 0.717) is 15.8 Å². The molecule has 0 heterocycles. The molecule has 0 bridgehead atoms. The number of carbonyl (C=O) groups excluding carboxylic acids is 1. The third kappa shape index (κ3) is 3.77. The molecule has 1 atom stereocenters. The Bertz CT molecular complexity index is 412. The smallest absolute Gasteiger partial charge is 0.286 e. The van der Waals surface area contributed by atoms with Crippen molar-refractivity contribution in [3.05, 3.63) is 28.2 Å². The molecule has 4 nitrogen and oxygen atoms in total. The van der Waals surface area contributed by atoms with E-state index in [9.17, 15) is 4.79 Å². The molecule has 17 heavy (non-hydrogen) atoms. The molecule has 0 aliphatic rings. The Labute approximate surface area is 110 Å². The third-order valence-corrected chi connectivity index (χ3v) is 2.66. The first-order chi connectivity index (χ1) is 7.95. The van der Waals surface area contributed by atoms with Crippen LogP contribution in [0, 0.1) is 0 Å². The van der Waals surface area contributed by atoms with Gasteiger partial charge in [0.05, 0.1) is 12.1 Å². The number of halogens is 2. The molecule has 1 amide bonds. The van der Waals surface area contributed by atoms with Crippen molar-refractivity contribution < 1.29 is 14.4 Å². The topological polar surface area (TPSA) is 38.8 Å². The molecule has 1 rings (SSSR count). The van der Waals surface area contributed by atoms with E-state index < -0.39 is 6.10 Å². The fraction of sp³-hybridized carbons (Fsp3) is 0.364. The van der Waals surface area contributed by atoms with Gasteiger partial charge in [-0.15, -0.1) is 0 Å². The van der Waals surface area contributed by atoms with Gasteiger partial charge in [0.2, 0.25) is 0 Å². The highest BCUT2D eigenvalue weighted by atomic mass is 35.5. The normalized spacial score (nSPS) is 12.1. The second-order valence-corrected chi connectivity index (χ2v) is 4.20. The first kappa shape index (κ1) is 14.1. The molecular formula is C11H13Cl2NO3. The predicted octanol–water partition coefficient (Wildman–Crippen LogP) is 2.78.